The van der Waals surface area contributed by atoms with Crippen LogP contribution in [-0.4, -0.2) is 41.1 Å². The molecule has 1 aromatic rings. The fraction of sp³-hybridized carbons (Fsp3) is 0.538. The number of aliphatic carboxylic acids is 1. The highest BCUT2D eigenvalue weighted by Crippen LogP contribution is 2.20. The molecule has 0 radical (unpaired) electrons. The van der Waals surface area contributed by atoms with Crippen molar-refractivity contribution in [2.45, 2.75) is 31.7 Å². The number of carbonyl (C=O) groups excluding carboxylic acids is 1. The van der Waals surface area contributed by atoms with Crippen LogP contribution in [-0.2, 0) is 11.2 Å². The summed E-state index contributed by atoms with van der Waals surface area (Å²) in [5.41, 5.74) is 1.22. The molecule has 2 rings (SSSR count). The first-order chi connectivity index (χ1) is 9.16. The monoisotopic (exact) mass is 282 g/mol. The van der Waals surface area contributed by atoms with Crippen LogP contribution in [0.25, 0.3) is 0 Å². The third kappa shape index (κ3) is 3.96. The van der Waals surface area contributed by atoms with Crippen molar-refractivity contribution < 1.29 is 14.7 Å². The van der Waals surface area contributed by atoms with Gasteiger partial charge in [-0.15, -0.1) is 0 Å². The maximum atomic E-state index is 12.0. The predicted octanol–water partition coefficient (Wildman–Crippen LogP) is 1.94. The van der Waals surface area contributed by atoms with Gasteiger partial charge in [0.2, 0.25) is 0 Å². The summed E-state index contributed by atoms with van der Waals surface area (Å²) >= 11 is 1.64. The van der Waals surface area contributed by atoms with Crippen LogP contribution in [0.3, 0.4) is 0 Å². The average molecular weight is 282 g/mol. The molecule has 5 nitrogen and oxygen atoms in total. The lowest BCUT2D eigenvalue weighted by Crippen LogP contribution is -2.44. The molecule has 1 unspecified atom stereocenters. The fourth-order valence-corrected chi connectivity index (χ4v) is 3.07. The molecule has 2 heterocycles. The van der Waals surface area contributed by atoms with E-state index < -0.39 is 5.97 Å². The van der Waals surface area contributed by atoms with E-state index in [0.29, 0.717) is 13.1 Å². The van der Waals surface area contributed by atoms with E-state index in [-0.39, 0.29) is 18.5 Å². The topological polar surface area (TPSA) is 69.6 Å². The molecule has 0 bridgehead atoms. The summed E-state index contributed by atoms with van der Waals surface area (Å²) in [5, 5.41) is 15.8. The number of carboxylic acid groups (broad SMARTS) is 1. The van der Waals surface area contributed by atoms with Gasteiger partial charge in [0, 0.05) is 19.1 Å². The van der Waals surface area contributed by atoms with E-state index in [1.54, 1.807) is 16.2 Å². The van der Waals surface area contributed by atoms with Gasteiger partial charge in [-0.3, -0.25) is 4.79 Å². The van der Waals surface area contributed by atoms with Gasteiger partial charge in [0.05, 0.1) is 6.42 Å². The third-order valence-electron chi connectivity index (χ3n) is 3.32. The SMILES string of the molecule is O=C(O)CC1CCCN1C(=O)NCCc1ccsc1. The summed E-state index contributed by atoms with van der Waals surface area (Å²) < 4.78 is 0. The van der Waals surface area contributed by atoms with E-state index >= 15 is 0 Å². The molecule has 0 spiro atoms. The van der Waals surface area contributed by atoms with Crippen molar-refractivity contribution in [2.24, 2.45) is 0 Å². The molecule has 6 heteroatoms. The molecule has 1 aliphatic rings. The number of amides is 2. The maximum absolute atomic E-state index is 12.0. The Labute approximate surface area is 116 Å². The summed E-state index contributed by atoms with van der Waals surface area (Å²) in [6.07, 6.45) is 2.52. The standard InChI is InChI=1S/C13H18N2O3S/c16-12(17)8-11-2-1-6-15(11)13(18)14-5-3-10-4-7-19-9-10/h4,7,9,11H,1-3,5-6,8H2,(H,14,18)(H,16,17). The molecule has 1 fully saturated rings. The quantitative estimate of drug-likeness (QED) is 0.867. The maximum Gasteiger partial charge on any atom is 0.317 e. The van der Waals surface area contributed by atoms with E-state index in [0.717, 1.165) is 19.3 Å². The zero-order valence-corrected chi connectivity index (χ0v) is 11.5. The van der Waals surface area contributed by atoms with Gasteiger partial charge in [0.1, 0.15) is 0 Å². The van der Waals surface area contributed by atoms with Crippen molar-refractivity contribution in [1.29, 1.82) is 0 Å². The zero-order chi connectivity index (χ0) is 13.7. The van der Waals surface area contributed by atoms with Crippen molar-refractivity contribution >= 4 is 23.3 Å². The molecule has 1 atom stereocenters. The molecule has 0 aromatic carbocycles. The molecule has 0 saturated carbocycles. The Balaban J connectivity index is 1.77. The predicted molar refractivity (Wildman–Crippen MR) is 73.4 cm³/mol. The normalized spacial score (nSPS) is 18.5. The highest BCUT2D eigenvalue weighted by Gasteiger charge is 2.29. The summed E-state index contributed by atoms with van der Waals surface area (Å²) in [6.45, 7) is 1.24. The Morgan fingerprint density at radius 1 is 1.53 bits per heavy atom. The lowest BCUT2D eigenvalue weighted by atomic mass is 10.1. The number of nitrogens with one attached hydrogen (secondary N) is 1. The van der Waals surface area contributed by atoms with Gasteiger partial charge in [-0.05, 0) is 41.7 Å². The Morgan fingerprint density at radius 3 is 3.05 bits per heavy atom. The van der Waals surface area contributed by atoms with Gasteiger partial charge in [0.25, 0.3) is 0 Å². The van der Waals surface area contributed by atoms with Crippen LogP contribution in [0.5, 0.6) is 0 Å². The van der Waals surface area contributed by atoms with Gasteiger partial charge in [-0.2, -0.15) is 11.3 Å². The van der Waals surface area contributed by atoms with Crippen LogP contribution in [0.15, 0.2) is 16.8 Å². The molecule has 2 amide bonds. The number of nitrogens with zero attached hydrogens (tertiary/aromatic N) is 1. The lowest BCUT2D eigenvalue weighted by Gasteiger charge is -2.23. The Morgan fingerprint density at radius 2 is 2.37 bits per heavy atom. The van der Waals surface area contributed by atoms with Crippen LogP contribution < -0.4 is 5.32 Å². The summed E-state index contributed by atoms with van der Waals surface area (Å²) in [6, 6.07) is 1.75. The number of hydrogen-bond acceptors (Lipinski definition) is 3. The van der Waals surface area contributed by atoms with Crippen LogP contribution >= 0.6 is 11.3 Å². The number of urea groups is 1. The number of rotatable bonds is 5. The van der Waals surface area contributed by atoms with Crippen molar-refractivity contribution in [3.05, 3.63) is 22.4 Å². The van der Waals surface area contributed by atoms with Gasteiger partial charge in [-0.1, -0.05) is 0 Å². The number of hydrogen-bond donors (Lipinski definition) is 2. The van der Waals surface area contributed by atoms with E-state index in [4.69, 9.17) is 5.11 Å². The highest BCUT2D eigenvalue weighted by atomic mass is 32.1. The minimum Gasteiger partial charge on any atom is -0.481 e. The number of likely N-dealkylation sites (tertiary alicyclic amines) is 1. The largest absolute Gasteiger partial charge is 0.481 e. The molecule has 1 aliphatic heterocycles. The zero-order valence-electron chi connectivity index (χ0n) is 10.7. The van der Waals surface area contributed by atoms with Crippen LogP contribution in [0, 0.1) is 0 Å². The molecule has 19 heavy (non-hydrogen) atoms. The minimum atomic E-state index is -0.844. The van der Waals surface area contributed by atoms with Gasteiger partial charge >= 0.3 is 12.0 Å². The van der Waals surface area contributed by atoms with Crippen LogP contribution in [0.1, 0.15) is 24.8 Å². The van der Waals surface area contributed by atoms with Crippen LogP contribution in [0.4, 0.5) is 4.79 Å². The molecular weight excluding hydrogens is 264 g/mol. The van der Waals surface area contributed by atoms with Crippen molar-refractivity contribution in [3.8, 4) is 0 Å². The Bertz CT molecular complexity index is 433. The fourth-order valence-electron chi connectivity index (χ4n) is 2.37. The third-order valence-corrected chi connectivity index (χ3v) is 4.05. The summed E-state index contributed by atoms with van der Waals surface area (Å²) in [7, 11) is 0. The number of carbonyl (C=O) groups is 2. The molecule has 1 saturated heterocycles. The Hall–Kier alpha value is -1.56. The average Bonchev–Trinajstić information content (AvgIpc) is 2.99. The first-order valence-electron chi connectivity index (χ1n) is 6.44. The molecule has 1 aromatic heterocycles. The second-order valence-corrected chi connectivity index (χ2v) is 5.48. The Kier molecular flexibility index (Phi) is 4.79. The molecule has 2 N–H and O–H groups in total. The van der Waals surface area contributed by atoms with E-state index in [2.05, 4.69) is 10.7 Å². The lowest BCUT2D eigenvalue weighted by molar-refractivity contribution is -0.137. The van der Waals surface area contributed by atoms with Gasteiger partial charge in [0.15, 0.2) is 0 Å². The van der Waals surface area contributed by atoms with Crippen molar-refractivity contribution in [2.75, 3.05) is 13.1 Å². The summed E-state index contributed by atoms with van der Waals surface area (Å²) in [5.74, 6) is -0.844. The van der Waals surface area contributed by atoms with Crippen LogP contribution in [0.2, 0.25) is 0 Å². The van der Waals surface area contributed by atoms with Crippen molar-refractivity contribution in [1.82, 2.24) is 10.2 Å². The minimum absolute atomic E-state index is 0.0396. The molecule has 104 valence electrons. The molecule has 0 aliphatic carbocycles. The summed E-state index contributed by atoms with van der Waals surface area (Å²) in [4.78, 5) is 24.4. The number of carboxylic acids is 1. The molecular formula is C13H18N2O3S. The van der Waals surface area contributed by atoms with E-state index in [9.17, 15) is 9.59 Å². The first kappa shape index (κ1) is 13.9. The van der Waals surface area contributed by atoms with E-state index in [1.807, 2.05) is 11.4 Å². The second-order valence-electron chi connectivity index (χ2n) is 4.70. The van der Waals surface area contributed by atoms with Crippen molar-refractivity contribution in [3.63, 3.8) is 0 Å². The van der Waals surface area contributed by atoms with Gasteiger partial charge in [-0.25, -0.2) is 4.79 Å². The number of thiophene rings is 1. The smallest absolute Gasteiger partial charge is 0.317 e. The van der Waals surface area contributed by atoms with Gasteiger partial charge < -0.3 is 15.3 Å². The first-order valence-corrected chi connectivity index (χ1v) is 7.38. The van der Waals surface area contributed by atoms with E-state index in [1.165, 1.54) is 5.56 Å². The second kappa shape index (κ2) is 6.56. The highest BCUT2D eigenvalue weighted by molar-refractivity contribution is 7.07.